The van der Waals surface area contributed by atoms with Gasteiger partial charge in [0.15, 0.2) is 0 Å². The van der Waals surface area contributed by atoms with E-state index in [1.54, 1.807) is 12.1 Å². The van der Waals surface area contributed by atoms with Gasteiger partial charge in [0.05, 0.1) is 19.1 Å². The molecule has 18 heavy (non-hydrogen) atoms. The van der Waals surface area contributed by atoms with Gasteiger partial charge in [-0.3, -0.25) is 0 Å². The summed E-state index contributed by atoms with van der Waals surface area (Å²) in [4.78, 5) is 12.5. The highest BCUT2D eigenvalue weighted by Crippen LogP contribution is 2.16. The summed E-state index contributed by atoms with van der Waals surface area (Å²) in [6, 6.07) is 7.87. The lowest BCUT2D eigenvalue weighted by Gasteiger charge is -2.28. The maximum atomic E-state index is 11.1. The number of rotatable bonds is 4. The van der Waals surface area contributed by atoms with E-state index in [1.165, 1.54) is 37.0 Å². The van der Waals surface area contributed by atoms with E-state index in [2.05, 4.69) is 7.05 Å². The Hall–Kier alpha value is -1.35. The number of benzene rings is 1. The lowest BCUT2D eigenvalue weighted by Crippen LogP contribution is -3.11. The number of carboxylic acid groups (broad SMARTS) is 1. The molecule has 1 fully saturated rings. The minimum Gasteiger partial charge on any atom is -0.545 e. The zero-order valence-corrected chi connectivity index (χ0v) is 10.9. The summed E-state index contributed by atoms with van der Waals surface area (Å²) in [5.41, 5.74) is 1.23. The maximum Gasteiger partial charge on any atom is 0.103 e. The number of nitrogens with one attached hydrogen (secondary N) is 1. The molecule has 3 nitrogen and oxygen atoms in total. The SMILES string of the molecule is C[NH+](Cc1ccccc1C(=O)[O-])C1CCCCC1. The predicted molar refractivity (Wildman–Crippen MR) is 68.2 cm³/mol. The highest BCUT2D eigenvalue weighted by Gasteiger charge is 2.22. The molecule has 0 aliphatic heterocycles. The molecular weight excluding hydrogens is 226 g/mol. The molecule has 0 spiro atoms. The Balaban J connectivity index is 2.06. The lowest BCUT2D eigenvalue weighted by molar-refractivity contribution is -0.921. The van der Waals surface area contributed by atoms with Crippen molar-refractivity contribution in [3.05, 3.63) is 35.4 Å². The number of quaternary nitrogens is 1. The van der Waals surface area contributed by atoms with Crippen molar-refractivity contribution in [3.8, 4) is 0 Å². The van der Waals surface area contributed by atoms with Crippen LogP contribution in [0.15, 0.2) is 24.3 Å². The summed E-state index contributed by atoms with van der Waals surface area (Å²) in [7, 11) is 2.17. The van der Waals surface area contributed by atoms with Crippen LogP contribution in [0.1, 0.15) is 48.0 Å². The number of hydrogen-bond acceptors (Lipinski definition) is 2. The quantitative estimate of drug-likeness (QED) is 0.837. The number of aromatic carboxylic acids is 1. The van der Waals surface area contributed by atoms with Crippen molar-refractivity contribution in [1.29, 1.82) is 0 Å². The van der Waals surface area contributed by atoms with Gasteiger partial charge in [-0.2, -0.15) is 0 Å². The first kappa shape index (κ1) is 13.1. The van der Waals surface area contributed by atoms with Crippen LogP contribution in [0.25, 0.3) is 0 Å². The third kappa shape index (κ3) is 3.10. The Kier molecular flexibility index (Phi) is 4.37. The predicted octanol–water partition coefficient (Wildman–Crippen LogP) is 0.397. The largest absolute Gasteiger partial charge is 0.545 e. The molecule has 0 radical (unpaired) electrons. The molecule has 0 amide bonds. The Bertz CT molecular complexity index is 411. The molecule has 98 valence electrons. The normalized spacial score (nSPS) is 18.5. The monoisotopic (exact) mass is 247 g/mol. The van der Waals surface area contributed by atoms with Crippen molar-refractivity contribution in [2.24, 2.45) is 0 Å². The third-order valence-electron chi connectivity index (χ3n) is 4.01. The van der Waals surface area contributed by atoms with E-state index in [1.807, 2.05) is 12.1 Å². The molecule has 3 heteroatoms. The van der Waals surface area contributed by atoms with Crippen LogP contribution >= 0.6 is 0 Å². The lowest BCUT2D eigenvalue weighted by atomic mass is 9.94. The van der Waals surface area contributed by atoms with Crippen LogP contribution in [-0.4, -0.2) is 19.1 Å². The van der Waals surface area contributed by atoms with Gasteiger partial charge in [0, 0.05) is 11.1 Å². The van der Waals surface area contributed by atoms with Crippen LogP contribution in [-0.2, 0) is 6.54 Å². The van der Waals surface area contributed by atoms with Gasteiger partial charge in [0.25, 0.3) is 0 Å². The van der Waals surface area contributed by atoms with Crippen molar-refractivity contribution in [3.63, 3.8) is 0 Å². The minimum atomic E-state index is -1.07. The van der Waals surface area contributed by atoms with E-state index in [4.69, 9.17) is 0 Å². The molecule has 0 bridgehead atoms. The summed E-state index contributed by atoms with van der Waals surface area (Å²) < 4.78 is 0. The molecule has 0 heterocycles. The van der Waals surface area contributed by atoms with Crippen LogP contribution in [0, 0.1) is 0 Å². The van der Waals surface area contributed by atoms with Gasteiger partial charge in [-0.05, 0) is 25.7 Å². The van der Waals surface area contributed by atoms with Gasteiger partial charge in [-0.25, -0.2) is 0 Å². The highest BCUT2D eigenvalue weighted by atomic mass is 16.4. The first-order chi connectivity index (χ1) is 8.68. The van der Waals surface area contributed by atoms with Crippen molar-refractivity contribution >= 4 is 5.97 Å². The molecule has 1 N–H and O–H groups in total. The van der Waals surface area contributed by atoms with Crippen LogP contribution < -0.4 is 10.0 Å². The second kappa shape index (κ2) is 6.01. The summed E-state index contributed by atoms with van der Waals surface area (Å²) >= 11 is 0. The Morgan fingerprint density at radius 1 is 1.28 bits per heavy atom. The standard InChI is InChI=1S/C15H21NO2/c1-16(13-8-3-2-4-9-13)11-12-7-5-6-10-14(12)15(17)18/h5-7,10,13H,2-4,8-9,11H2,1H3,(H,17,18). The summed E-state index contributed by atoms with van der Waals surface area (Å²) in [6.07, 6.45) is 6.49. The zero-order chi connectivity index (χ0) is 13.0. The second-order valence-electron chi connectivity index (χ2n) is 5.30. The average Bonchev–Trinajstić information content (AvgIpc) is 2.40. The Labute approximate surface area is 108 Å². The summed E-state index contributed by atoms with van der Waals surface area (Å²) in [5, 5.41) is 11.1. The molecule has 1 aromatic carbocycles. The van der Waals surface area contributed by atoms with Gasteiger partial charge in [0.1, 0.15) is 6.54 Å². The molecule has 1 aliphatic rings. The van der Waals surface area contributed by atoms with E-state index in [0.717, 1.165) is 12.1 Å². The van der Waals surface area contributed by atoms with Crippen LogP contribution in [0.2, 0.25) is 0 Å². The van der Waals surface area contributed by atoms with Crippen molar-refractivity contribution in [2.75, 3.05) is 7.05 Å². The Morgan fingerprint density at radius 2 is 1.94 bits per heavy atom. The number of carbonyl (C=O) groups is 1. The van der Waals surface area contributed by atoms with Crippen LogP contribution in [0.4, 0.5) is 0 Å². The van der Waals surface area contributed by atoms with E-state index < -0.39 is 5.97 Å². The fourth-order valence-corrected chi connectivity index (χ4v) is 2.91. The fourth-order valence-electron chi connectivity index (χ4n) is 2.91. The molecule has 1 saturated carbocycles. The first-order valence-electron chi connectivity index (χ1n) is 6.80. The molecule has 0 aromatic heterocycles. The number of carboxylic acids is 1. The van der Waals surface area contributed by atoms with Gasteiger partial charge < -0.3 is 14.8 Å². The van der Waals surface area contributed by atoms with Gasteiger partial charge >= 0.3 is 0 Å². The molecular formula is C15H21NO2. The summed E-state index contributed by atoms with van der Waals surface area (Å²) in [5.74, 6) is -1.07. The van der Waals surface area contributed by atoms with Crippen molar-refractivity contribution in [2.45, 2.75) is 44.7 Å². The first-order valence-corrected chi connectivity index (χ1v) is 6.80. The van der Waals surface area contributed by atoms with Crippen LogP contribution in [0.3, 0.4) is 0 Å². The topological polar surface area (TPSA) is 44.6 Å². The summed E-state index contributed by atoms with van der Waals surface area (Å²) in [6.45, 7) is 0.773. The number of carbonyl (C=O) groups excluding carboxylic acids is 1. The molecule has 0 saturated heterocycles. The molecule has 1 aliphatic carbocycles. The highest BCUT2D eigenvalue weighted by molar-refractivity contribution is 5.87. The van der Waals surface area contributed by atoms with E-state index in [0.29, 0.717) is 11.6 Å². The minimum absolute atomic E-state index is 0.340. The fraction of sp³-hybridized carbons (Fsp3) is 0.533. The number of hydrogen-bond donors (Lipinski definition) is 1. The maximum absolute atomic E-state index is 11.1. The third-order valence-corrected chi connectivity index (χ3v) is 4.01. The molecule has 1 unspecified atom stereocenters. The van der Waals surface area contributed by atoms with Crippen LogP contribution in [0.5, 0.6) is 0 Å². The van der Waals surface area contributed by atoms with Gasteiger partial charge in [-0.1, -0.05) is 30.7 Å². The van der Waals surface area contributed by atoms with Crippen molar-refractivity contribution < 1.29 is 14.8 Å². The van der Waals surface area contributed by atoms with E-state index in [9.17, 15) is 9.90 Å². The molecule has 2 rings (SSSR count). The van der Waals surface area contributed by atoms with Gasteiger partial charge in [0.2, 0.25) is 0 Å². The van der Waals surface area contributed by atoms with E-state index >= 15 is 0 Å². The molecule has 1 aromatic rings. The Morgan fingerprint density at radius 3 is 2.61 bits per heavy atom. The molecule has 1 atom stereocenters. The van der Waals surface area contributed by atoms with E-state index in [-0.39, 0.29) is 0 Å². The smallest absolute Gasteiger partial charge is 0.103 e. The average molecular weight is 247 g/mol. The van der Waals surface area contributed by atoms with Crippen molar-refractivity contribution in [1.82, 2.24) is 0 Å². The zero-order valence-electron chi connectivity index (χ0n) is 10.9. The second-order valence-corrected chi connectivity index (χ2v) is 5.30. The van der Waals surface area contributed by atoms with Gasteiger partial charge in [-0.15, -0.1) is 0 Å².